The summed E-state index contributed by atoms with van der Waals surface area (Å²) in [7, 11) is 0. The Kier molecular flexibility index (Phi) is 4.29. The molecule has 1 N–H and O–H groups in total. The zero-order valence-electron chi connectivity index (χ0n) is 19.0. The molecule has 166 valence electrons. The van der Waals surface area contributed by atoms with E-state index in [0.29, 0.717) is 23.3 Å². The van der Waals surface area contributed by atoms with Crippen molar-refractivity contribution < 1.29 is 9.50 Å². The fraction of sp³-hybridized carbons (Fsp3) is 0.667. The van der Waals surface area contributed by atoms with Gasteiger partial charge in [-0.05, 0) is 105 Å². The van der Waals surface area contributed by atoms with Crippen LogP contribution in [0.2, 0.25) is 0 Å². The van der Waals surface area contributed by atoms with Gasteiger partial charge in [0, 0.05) is 11.6 Å². The topological polar surface area (TPSA) is 35.8 Å². The van der Waals surface area contributed by atoms with Crippen molar-refractivity contribution in [2.45, 2.75) is 77.9 Å². The van der Waals surface area contributed by atoms with Crippen molar-refractivity contribution >= 4 is 11.4 Å². The molecule has 1 aromatic rings. The number of aliphatic hydroxyl groups excluding tert-OH is 1. The molecule has 8 atom stereocenters. The van der Waals surface area contributed by atoms with E-state index < -0.39 is 0 Å². The molecule has 4 aliphatic carbocycles. The third-order valence-electron chi connectivity index (χ3n) is 10.2. The van der Waals surface area contributed by atoms with Crippen molar-refractivity contribution in [3.63, 3.8) is 0 Å². The molecule has 0 bridgehead atoms. The van der Waals surface area contributed by atoms with Crippen LogP contribution in [0.15, 0.2) is 41.0 Å². The van der Waals surface area contributed by atoms with Gasteiger partial charge in [-0.2, -0.15) is 5.10 Å². The van der Waals surface area contributed by atoms with Crippen molar-refractivity contribution in [1.82, 2.24) is 0 Å². The number of nitrogens with zero attached hydrogens (tertiary/aromatic N) is 2. The van der Waals surface area contributed by atoms with Crippen molar-refractivity contribution in [3.8, 4) is 0 Å². The molecule has 1 heterocycles. The average Bonchev–Trinajstić information content (AvgIpc) is 3.24. The Morgan fingerprint density at radius 3 is 2.65 bits per heavy atom. The highest BCUT2D eigenvalue weighted by Gasteiger charge is 2.64. The highest BCUT2D eigenvalue weighted by Crippen LogP contribution is 2.67. The molecule has 1 aliphatic heterocycles. The van der Waals surface area contributed by atoms with Gasteiger partial charge in [-0.25, -0.2) is 4.39 Å². The minimum atomic E-state index is -0.189. The number of benzene rings is 1. The second-order valence-electron chi connectivity index (χ2n) is 11.5. The minimum Gasteiger partial charge on any atom is -0.393 e. The van der Waals surface area contributed by atoms with Crippen LogP contribution in [0.3, 0.4) is 0 Å². The minimum absolute atomic E-state index is 0.140. The van der Waals surface area contributed by atoms with E-state index in [-0.39, 0.29) is 17.3 Å². The van der Waals surface area contributed by atoms with E-state index in [4.69, 9.17) is 5.10 Å². The maximum atomic E-state index is 13.5. The van der Waals surface area contributed by atoms with Crippen molar-refractivity contribution in [2.75, 3.05) is 5.01 Å². The number of aliphatic hydroxyl groups is 1. The number of allylic oxidation sites excluding steroid dienone is 1. The Hall–Kier alpha value is -1.68. The number of fused-ring (bicyclic) bond motifs is 7. The summed E-state index contributed by atoms with van der Waals surface area (Å²) in [4.78, 5) is 0. The summed E-state index contributed by atoms with van der Waals surface area (Å²) in [6.45, 7) is 7.25. The average molecular weight is 423 g/mol. The Bertz CT molecular complexity index is 954. The third-order valence-corrected chi connectivity index (χ3v) is 10.2. The van der Waals surface area contributed by atoms with Gasteiger partial charge in [0.1, 0.15) is 5.82 Å². The van der Waals surface area contributed by atoms with Crippen LogP contribution in [0.25, 0.3) is 0 Å². The molecular formula is C27H35FN2O. The molecule has 0 spiro atoms. The fourth-order valence-corrected chi connectivity index (χ4v) is 8.80. The Labute approximate surface area is 185 Å². The van der Waals surface area contributed by atoms with Crippen LogP contribution in [-0.2, 0) is 0 Å². The van der Waals surface area contributed by atoms with Gasteiger partial charge >= 0.3 is 0 Å². The third kappa shape index (κ3) is 2.70. The maximum absolute atomic E-state index is 13.5. The molecule has 1 aromatic carbocycles. The highest BCUT2D eigenvalue weighted by molar-refractivity contribution is 5.90. The lowest BCUT2D eigenvalue weighted by molar-refractivity contribution is -0.0422. The number of anilines is 1. The molecule has 3 nitrogen and oxygen atoms in total. The number of halogens is 1. The van der Waals surface area contributed by atoms with E-state index >= 15 is 0 Å². The predicted molar refractivity (Wildman–Crippen MR) is 122 cm³/mol. The molecule has 0 unspecified atom stereocenters. The summed E-state index contributed by atoms with van der Waals surface area (Å²) >= 11 is 0. The van der Waals surface area contributed by atoms with Crippen LogP contribution < -0.4 is 5.01 Å². The van der Waals surface area contributed by atoms with E-state index in [9.17, 15) is 9.50 Å². The summed E-state index contributed by atoms with van der Waals surface area (Å²) in [5.74, 6) is 2.49. The van der Waals surface area contributed by atoms with Gasteiger partial charge < -0.3 is 5.11 Å². The predicted octanol–water partition coefficient (Wildman–Crippen LogP) is 5.94. The largest absolute Gasteiger partial charge is 0.393 e. The number of hydrogen-bond acceptors (Lipinski definition) is 3. The van der Waals surface area contributed by atoms with Crippen LogP contribution in [0.1, 0.15) is 65.7 Å². The monoisotopic (exact) mass is 422 g/mol. The van der Waals surface area contributed by atoms with E-state index in [1.165, 1.54) is 31.4 Å². The lowest BCUT2D eigenvalue weighted by Gasteiger charge is -2.57. The van der Waals surface area contributed by atoms with Crippen LogP contribution in [-0.4, -0.2) is 23.0 Å². The van der Waals surface area contributed by atoms with E-state index in [1.807, 2.05) is 12.1 Å². The van der Waals surface area contributed by atoms with Crippen LogP contribution in [0.5, 0.6) is 0 Å². The van der Waals surface area contributed by atoms with E-state index in [0.717, 1.165) is 36.8 Å². The molecule has 0 saturated heterocycles. The summed E-state index contributed by atoms with van der Waals surface area (Å²) < 4.78 is 13.5. The van der Waals surface area contributed by atoms with Gasteiger partial charge in [0.15, 0.2) is 0 Å². The number of hydrazone groups is 1. The van der Waals surface area contributed by atoms with Gasteiger partial charge in [0.05, 0.1) is 17.8 Å². The maximum Gasteiger partial charge on any atom is 0.123 e. The normalized spacial score (nSPS) is 45.9. The Morgan fingerprint density at radius 2 is 1.87 bits per heavy atom. The number of hydrogen-bond donors (Lipinski definition) is 1. The van der Waals surface area contributed by atoms with Gasteiger partial charge in [-0.3, -0.25) is 5.01 Å². The zero-order chi connectivity index (χ0) is 21.5. The van der Waals surface area contributed by atoms with E-state index in [2.05, 4.69) is 31.9 Å². The first-order valence-corrected chi connectivity index (χ1v) is 12.3. The molecule has 6 rings (SSSR count). The summed E-state index contributed by atoms with van der Waals surface area (Å²) in [6, 6.07) is 7.26. The smallest absolute Gasteiger partial charge is 0.123 e. The van der Waals surface area contributed by atoms with Crippen LogP contribution in [0.4, 0.5) is 10.1 Å². The quantitative estimate of drug-likeness (QED) is 0.569. The molecular weight excluding hydrogens is 387 g/mol. The standard InChI is InChI=1S/C27H35FN2O/c1-16-25-24(30(29-16)19-7-5-18(28)6-8-19)15-23-21-9-4-17-14-20(31)10-12-26(17,2)22(21)11-13-27(23,25)3/h4-8,20-25,31H,9-15H2,1-3H3/t20-,21+,22-,23-,24+,25+,26-,27-/m0/s1. The highest BCUT2D eigenvalue weighted by atomic mass is 19.1. The summed E-state index contributed by atoms with van der Waals surface area (Å²) in [5, 5.41) is 17.5. The van der Waals surface area contributed by atoms with Gasteiger partial charge in [-0.15, -0.1) is 0 Å². The molecule has 5 aliphatic rings. The Balaban J connectivity index is 1.34. The molecule has 0 aromatic heterocycles. The Morgan fingerprint density at radius 1 is 1.10 bits per heavy atom. The molecule has 31 heavy (non-hydrogen) atoms. The first-order valence-electron chi connectivity index (χ1n) is 12.3. The summed E-state index contributed by atoms with van der Waals surface area (Å²) in [6.07, 6.45) is 10.3. The van der Waals surface area contributed by atoms with Crippen molar-refractivity contribution in [2.24, 2.45) is 39.6 Å². The number of rotatable bonds is 1. The van der Waals surface area contributed by atoms with Gasteiger partial charge in [0.25, 0.3) is 0 Å². The lowest BCUT2D eigenvalue weighted by Crippen LogP contribution is -2.50. The van der Waals surface area contributed by atoms with Gasteiger partial charge in [-0.1, -0.05) is 25.5 Å². The van der Waals surface area contributed by atoms with E-state index in [1.54, 1.807) is 17.7 Å². The van der Waals surface area contributed by atoms with Crippen LogP contribution in [0, 0.1) is 40.3 Å². The molecule has 4 heteroatoms. The lowest BCUT2D eigenvalue weighted by atomic mass is 9.47. The zero-order valence-corrected chi connectivity index (χ0v) is 19.0. The molecule has 0 radical (unpaired) electrons. The van der Waals surface area contributed by atoms with Crippen LogP contribution >= 0.6 is 0 Å². The molecule has 0 amide bonds. The molecule has 3 fully saturated rings. The second kappa shape index (κ2) is 6.66. The molecule has 3 saturated carbocycles. The SMILES string of the molecule is CC1=NN(c2ccc(F)cc2)[C@@H]2C[C@H]3[C@@H]4CC=C5C[C@@H](O)CC[C@]5(C)[C@H]4CC[C@]3(C)[C@H]12. The van der Waals surface area contributed by atoms with Crippen molar-refractivity contribution in [1.29, 1.82) is 0 Å². The fourth-order valence-electron chi connectivity index (χ4n) is 8.80. The van der Waals surface area contributed by atoms with Crippen molar-refractivity contribution in [3.05, 3.63) is 41.7 Å². The summed E-state index contributed by atoms with van der Waals surface area (Å²) in [5.41, 5.74) is 4.40. The second-order valence-corrected chi connectivity index (χ2v) is 11.5. The van der Waals surface area contributed by atoms with Gasteiger partial charge in [0.2, 0.25) is 0 Å². The first-order chi connectivity index (χ1) is 14.8. The first kappa shape index (κ1) is 20.0.